The number of hydrogen-bond donors (Lipinski definition) is 2. The zero-order valence-corrected chi connectivity index (χ0v) is 19.3. The van der Waals surface area contributed by atoms with Gasteiger partial charge in [0.05, 0.1) is 10.6 Å². The lowest BCUT2D eigenvalue weighted by molar-refractivity contribution is -0.115. The van der Waals surface area contributed by atoms with E-state index in [1.54, 1.807) is 24.4 Å². The largest absolute Gasteiger partial charge is 0.341 e. The third-order valence-electron chi connectivity index (χ3n) is 6.11. The van der Waals surface area contributed by atoms with Crippen LogP contribution in [0.25, 0.3) is 16.8 Å². The maximum Gasteiger partial charge on any atom is 0.290 e. The second-order valence-corrected chi connectivity index (χ2v) is 9.54. The standard InChI is InChI=1S/C25H24FN5O2S/c26-20-4-3-18-11-17(1-2-19(18)12-20)15-27-14-16-6-9-31(10-7-16)24-28-8-5-21(29-24)13-22-23(32)30-25(33)34-22/h1-5,8,11-13,16,27H,6-7,9-10,14-15H2,(H,30,32,33)/b22-13-. The molecule has 2 aliphatic heterocycles. The molecular weight excluding hydrogens is 453 g/mol. The van der Waals surface area contributed by atoms with E-state index in [9.17, 15) is 14.0 Å². The van der Waals surface area contributed by atoms with Gasteiger partial charge in [-0.25, -0.2) is 14.4 Å². The zero-order valence-electron chi connectivity index (χ0n) is 18.5. The predicted octanol–water partition coefficient (Wildman–Crippen LogP) is 4.10. The van der Waals surface area contributed by atoms with Gasteiger partial charge in [0, 0.05) is 25.8 Å². The Bertz CT molecular complexity index is 1270. The van der Waals surface area contributed by atoms with Gasteiger partial charge in [-0.1, -0.05) is 18.2 Å². The van der Waals surface area contributed by atoms with Crippen LogP contribution in [-0.2, 0) is 11.3 Å². The van der Waals surface area contributed by atoms with Gasteiger partial charge in [-0.3, -0.25) is 14.9 Å². The van der Waals surface area contributed by atoms with E-state index >= 15 is 0 Å². The molecule has 2 N–H and O–H groups in total. The van der Waals surface area contributed by atoms with Gasteiger partial charge in [0.15, 0.2) is 0 Å². The fraction of sp³-hybridized carbons (Fsp3) is 0.280. The van der Waals surface area contributed by atoms with Crippen LogP contribution in [-0.4, -0.2) is 40.7 Å². The van der Waals surface area contributed by atoms with Gasteiger partial charge < -0.3 is 10.2 Å². The topological polar surface area (TPSA) is 87.2 Å². The van der Waals surface area contributed by atoms with Crippen LogP contribution in [0, 0.1) is 11.7 Å². The predicted molar refractivity (Wildman–Crippen MR) is 132 cm³/mol. The zero-order chi connectivity index (χ0) is 23.5. The van der Waals surface area contributed by atoms with Crippen molar-refractivity contribution in [2.75, 3.05) is 24.5 Å². The molecule has 0 bridgehead atoms. The van der Waals surface area contributed by atoms with Crippen molar-refractivity contribution in [2.45, 2.75) is 19.4 Å². The second-order valence-electron chi connectivity index (χ2n) is 8.52. The van der Waals surface area contributed by atoms with Gasteiger partial charge in [0.25, 0.3) is 11.1 Å². The van der Waals surface area contributed by atoms with Crippen molar-refractivity contribution in [3.63, 3.8) is 0 Å². The van der Waals surface area contributed by atoms with Gasteiger partial charge in [-0.2, -0.15) is 0 Å². The number of halogens is 1. The van der Waals surface area contributed by atoms with Crippen molar-refractivity contribution in [2.24, 2.45) is 5.92 Å². The average molecular weight is 478 g/mol. The van der Waals surface area contributed by atoms with Crippen LogP contribution < -0.4 is 15.5 Å². The van der Waals surface area contributed by atoms with Crippen LogP contribution in [0.1, 0.15) is 24.1 Å². The molecule has 0 unspecified atom stereocenters. The van der Waals surface area contributed by atoms with E-state index in [4.69, 9.17) is 0 Å². The van der Waals surface area contributed by atoms with Crippen LogP contribution in [0.15, 0.2) is 53.6 Å². The third-order valence-corrected chi connectivity index (χ3v) is 6.92. The molecule has 3 heterocycles. The summed E-state index contributed by atoms with van der Waals surface area (Å²) >= 11 is 0.883. The maximum atomic E-state index is 13.4. The number of benzene rings is 2. The number of rotatable bonds is 6. The number of nitrogens with one attached hydrogen (secondary N) is 2. The van der Waals surface area contributed by atoms with Crippen molar-refractivity contribution in [1.29, 1.82) is 0 Å². The Kier molecular flexibility index (Phi) is 6.55. The summed E-state index contributed by atoms with van der Waals surface area (Å²) in [4.78, 5) is 34.6. The molecule has 2 fully saturated rings. The molecule has 9 heteroatoms. The Balaban J connectivity index is 1.12. The molecule has 2 amide bonds. The number of imide groups is 1. The summed E-state index contributed by atoms with van der Waals surface area (Å²) in [6.45, 7) is 3.44. The highest BCUT2D eigenvalue weighted by atomic mass is 32.2. The molecule has 7 nitrogen and oxygen atoms in total. The van der Waals surface area contributed by atoms with E-state index in [2.05, 4.69) is 31.6 Å². The summed E-state index contributed by atoms with van der Waals surface area (Å²) in [6, 6.07) is 12.7. The first kappa shape index (κ1) is 22.5. The van der Waals surface area contributed by atoms with Crippen molar-refractivity contribution in [3.8, 4) is 0 Å². The van der Waals surface area contributed by atoms with Gasteiger partial charge >= 0.3 is 0 Å². The second kappa shape index (κ2) is 9.90. The number of nitrogens with zero attached hydrogens (tertiary/aromatic N) is 3. The van der Waals surface area contributed by atoms with Gasteiger partial charge in [-0.05, 0) is 83.7 Å². The highest BCUT2D eigenvalue weighted by Gasteiger charge is 2.25. The minimum Gasteiger partial charge on any atom is -0.341 e. The van der Waals surface area contributed by atoms with Gasteiger partial charge in [0.1, 0.15) is 5.82 Å². The van der Waals surface area contributed by atoms with Crippen molar-refractivity contribution >= 4 is 45.7 Å². The van der Waals surface area contributed by atoms with Crippen molar-refractivity contribution in [1.82, 2.24) is 20.6 Å². The summed E-state index contributed by atoms with van der Waals surface area (Å²) in [5, 5.41) is 7.41. The maximum absolute atomic E-state index is 13.4. The van der Waals surface area contributed by atoms with Crippen LogP contribution >= 0.6 is 11.8 Å². The van der Waals surface area contributed by atoms with E-state index in [0.29, 0.717) is 22.5 Å². The summed E-state index contributed by atoms with van der Waals surface area (Å²) in [5.74, 6) is 0.612. The fourth-order valence-corrected chi connectivity index (χ4v) is 4.95. The first-order valence-corrected chi connectivity index (χ1v) is 12.1. The molecule has 2 saturated heterocycles. The Morgan fingerprint density at radius 2 is 1.91 bits per heavy atom. The lowest BCUT2D eigenvalue weighted by Crippen LogP contribution is -2.38. The Hall–Kier alpha value is -3.30. The number of hydrogen-bond acceptors (Lipinski definition) is 7. The normalized spacial score (nSPS) is 18.1. The molecule has 0 spiro atoms. The molecule has 3 aromatic rings. The third kappa shape index (κ3) is 5.26. The van der Waals surface area contributed by atoms with Crippen LogP contribution in [0.5, 0.6) is 0 Å². The molecule has 34 heavy (non-hydrogen) atoms. The Morgan fingerprint density at radius 1 is 1.12 bits per heavy atom. The number of anilines is 1. The average Bonchev–Trinajstić information content (AvgIpc) is 3.16. The van der Waals surface area contributed by atoms with Crippen LogP contribution in [0.3, 0.4) is 0 Å². The van der Waals surface area contributed by atoms with Crippen LogP contribution in [0.4, 0.5) is 15.1 Å². The highest BCUT2D eigenvalue weighted by Crippen LogP contribution is 2.26. The quantitative estimate of drug-likeness (QED) is 0.517. The molecule has 2 aliphatic rings. The van der Waals surface area contributed by atoms with E-state index in [0.717, 1.165) is 61.6 Å². The van der Waals surface area contributed by atoms with E-state index in [1.165, 1.54) is 11.6 Å². The summed E-state index contributed by atoms with van der Waals surface area (Å²) in [7, 11) is 0. The minimum absolute atomic E-state index is 0.212. The molecule has 174 valence electrons. The number of piperidine rings is 1. The van der Waals surface area contributed by atoms with E-state index in [1.807, 2.05) is 18.2 Å². The fourth-order valence-electron chi connectivity index (χ4n) is 4.28. The number of carbonyl (C=O) groups excluding carboxylic acids is 2. The molecule has 2 aromatic carbocycles. The number of amides is 2. The Labute approximate surface area is 200 Å². The van der Waals surface area contributed by atoms with E-state index in [-0.39, 0.29) is 17.0 Å². The molecular formula is C25H24FN5O2S. The number of thioether (sulfide) groups is 1. The SMILES string of the molecule is O=C1NC(=O)/C(=C/c2ccnc(N3CCC(CNCc4ccc5cc(F)ccc5c4)CC3)n2)S1. The number of fused-ring (bicyclic) bond motifs is 1. The number of carbonyl (C=O) groups is 2. The number of aromatic nitrogens is 2. The highest BCUT2D eigenvalue weighted by molar-refractivity contribution is 8.18. The lowest BCUT2D eigenvalue weighted by Gasteiger charge is -2.32. The first-order valence-electron chi connectivity index (χ1n) is 11.3. The smallest absolute Gasteiger partial charge is 0.290 e. The minimum atomic E-state index is -0.388. The van der Waals surface area contributed by atoms with Crippen molar-refractivity contribution < 1.29 is 14.0 Å². The Morgan fingerprint density at radius 3 is 2.71 bits per heavy atom. The summed E-state index contributed by atoms with van der Waals surface area (Å²) in [5.41, 5.74) is 1.80. The molecule has 0 radical (unpaired) electrons. The summed E-state index contributed by atoms with van der Waals surface area (Å²) in [6.07, 6.45) is 5.37. The van der Waals surface area contributed by atoms with Crippen LogP contribution in [0.2, 0.25) is 0 Å². The van der Waals surface area contributed by atoms with Gasteiger partial charge in [0.2, 0.25) is 5.95 Å². The van der Waals surface area contributed by atoms with Gasteiger partial charge in [-0.15, -0.1) is 0 Å². The molecule has 0 atom stereocenters. The molecule has 0 saturated carbocycles. The summed E-state index contributed by atoms with van der Waals surface area (Å²) < 4.78 is 13.4. The van der Waals surface area contributed by atoms with E-state index < -0.39 is 0 Å². The lowest BCUT2D eigenvalue weighted by atomic mass is 9.97. The monoisotopic (exact) mass is 477 g/mol. The molecule has 5 rings (SSSR count). The first-order chi connectivity index (χ1) is 16.5. The molecule has 0 aliphatic carbocycles. The van der Waals surface area contributed by atoms with Crippen molar-refractivity contribution in [3.05, 3.63) is 70.6 Å². The molecule has 1 aromatic heterocycles.